The number of aromatic nitrogens is 1. The highest BCUT2D eigenvalue weighted by molar-refractivity contribution is 4.90. The zero-order chi connectivity index (χ0) is 26.5. The molecule has 37 heavy (non-hydrogen) atoms. The van der Waals surface area contributed by atoms with E-state index in [1.54, 1.807) is 0 Å². The van der Waals surface area contributed by atoms with Gasteiger partial charge in [-0.2, -0.15) is 0 Å². The van der Waals surface area contributed by atoms with Crippen molar-refractivity contribution < 1.29 is 0 Å². The molecule has 1 unspecified atom stereocenters. The summed E-state index contributed by atoms with van der Waals surface area (Å²) in [4.78, 5) is 0. The van der Waals surface area contributed by atoms with Crippen LogP contribution in [0, 0.1) is 5.92 Å². The molecule has 0 aliphatic rings. The highest BCUT2D eigenvalue weighted by Gasteiger charge is 2.09. The molecule has 1 atom stereocenters. The number of rotatable bonds is 30. The fourth-order valence-electron chi connectivity index (χ4n) is 6.02. The van der Waals surface area contributed by atoms with Crippen LogP contribution in [-0.2, 0) is 6.54 Å². The number of hydrogen-bond acceptors (Lipinski definition) is 0. The van der Waals surface area contributed by atoms with Crippen LogP contribution < -0.4 is 0 Å². The third kappa shape index (κ3) is 24.1. The minimum absolute atomic E-state index is 0.882. The van der Waals surface area contributed by atoms with Crippen LogP contribution in [0.15, 0.2) is 24.5 Å². The largest absolute Gasteiger partial charge is 0.354 e. The minimum Gasteiger partial charge on any atom is -0.354 e. The summed E-state index contributed by atoms with van der Waals surface area (Å²) in [6.45, 7) is 5.86. The van der Waals surface area contributed by atoms with E-state index in [1.807, 2.05) is 0 Å². The van der Waals surface area contributed by atoms with Crippen LogP contribution in [0.1, 0.15) is 194 Å². The molecular formula is C36H69N. The van der Waals surface area contributed by atoms with Gasteiger partial charge < -0.3 is 4.57 Å². The Morgan fingerprint density at radius 2 is 0.649 bits per heavy atom. The molecule has 1 heteroatoms. The van der Waals surface area contributed by atoms with Gasteiger partial charge in [-0.15, -0.1) is 0 Å². The smallest absolute Gasteiger partial charge is 0.0247 e. The lowest BCUT2D eigenvalue weighted by Gasteiger charge is -2.18. The summed E-state index contributed by atoms with van der Waals surface area (Å²) in [5, 5.41) is 0. The predicted octanol–water partition coefficient (Wildman–Crippen LogP) is 13.1. The lowest BCUT2D eigenvalue weighted by Crippen LogP contribution is -2.10. The van der Waals surface area contributed by atoms with Crippen LogP contribution in [0.25, 0.3) is 0 Å². The van der Waals surface area contributed by atoms with E-state index in [1.165, 1.54) is 186 Å². The van der Waals surface area contributed by atoms with Crippen molar-refractivity contribution in [3.63, 3.8) is 0 Å². The molecule has 0 aliphatic heterocycles. The van der Waals surface area contributed by atoms with Crippen LogP contribution in [0.3, 0.4) is 0 Å². The highest BCUT2D eigenvalue weighted by Crippen LogP contribution is 2.22. The maximum atomic E-state index is 2.43. The van der Waals surface area contributed by atoms with Crippen LogP contribution in [0.2, 0.25) is 0 Å². The van der Waals surface area contributed by atoms with Gasteiger partial charge in [-0.3, -0.25) is 0 Å². The monoisotopic (exact) mass is 516 g/mol. The Kier molecular flexibility index (Phi) is 26.2. The Labute approximate surface area is 235 Å². The molecule has 0 radical (unpaired) electrons. The molecule has 218 valence electrons. The van der Waals surface area contributed by atoms with Crippen LogP contribution >= 0.6 is 0 Å². The van der Waals surface area contributed by atoms with Gasteiger partial charge in [0.25, 0.3) is 0 Å². The number of unbranched alkanes of at least 4 members (excludes halogenated alkanes) is 24. The van der Waals surface area contributed by atoms with Gasteiger partial charge in [0.1, 0.15) is 0 Å². The van der Waals surface area contributed by atoms with Gasteiger partial charge in [-0.1, -0.05) is 181 Å². The van der Waals surface area contributed by atoms with Gasteiger partial charge in [0.2, 0.25) is 0 Å². The van der Waals surface area contributed by atoms with Gasteiger partial charge in [0.15, 0.2) is 0 Å². The second-order valence-electron chi connectivity index (χ2n) is 12.3. The normalized spacial score (nSPS) is 12.4. The SMILES string of the molecule is CCCCCCCCCCCCCCCCC(CCCCCCCCCCCCCC)Cn1cccc1. The van der Waals surface area contributed by atoms with E-state index < -0.39 is 0 Å². The third-order valence-corrected chi connectivity index (χ3v) is 8.57. The molecule has 1 nitrogen and oxygen atoms in total. The van der Waals surface area contributed by atoms with E-state index in [0.29, 0.717) is 0 Å². The van der Waals surface area contributed by atoms with Crippen molar-refractivity contribution in [1.29, 1.82) is 0 Å². The molecular weight excluding hydrogens is 446 g/mol. The summed E-state index contributed by atoms with van der Waals surface area (Å²) < 4.78 is 2.43. The summed E-state index contributed by atoms with van der Waals surface area (Å²) in [7, 11) is 0. The van der Waals surface area contributed by atoms with Gasteiger partial charge in [0.05, 0.1) is 0 Å². The first-order valence-electron chi connectivity index (χ1n) is 17.5. The van der Waals surface area contributed by atoms with Crippen molar-refractivity contribution in [3.8, 4) is 0 Å². The van der Waals surface area contributed by atoms with Crippen molar-refractivity contribution in [2.24, 2.45) is 5.92 Å². The molecule has 1 heterocycles. The predicted molar refractivity (Wildman–Crippen MR) is 169 cm³/mol. The van der Waals surface area contributed by atoms with E-state index in [2.05, 4.69) is 42.9 Å². The molecule has 0 aromatic carbocycles. The number of hydrogen-bond donors (Lipinski definition) is 0. The van der Waals surface area contributed by atoms with Crippen molar-refractivity contribution in [3.05, 3.63) is 24.5 Å². The lowest BCUT2D eigenvalue weighted by atomic mass is 9.93. The molecule has 1 aromatic heterocycles. The summed E-state index contributed by atoms with van der Waals surface area (Å²) in [5.41, 5.74) is 0. The van der Waals surface area contributed by atoms with Crippen molar-refractivity contribution >= 4 is 0 Å². The molecule has 1 aromatic rings. The summed E-state index contributed by atoms with van der Waals surface area (Å²) in [6, 6.07) is 4.38. The van der Waals surface area contributed by atoms with Gasteiger partial charge in [-0.25, -0.2) is 0 Å². The van der Waals surface area contributed by atoms with E-state index in [9.17, 15) is 0 Å². The molecule has 1 rings (SSSR count). The molecule has 0 fully saturated rings. The Bertz CT molecular complexity index is 519. The van der Waals surface area contributed by atoms with Gasteiger partial charge >= 0.3 is 0 Å². The standard InChI is InChI=1S/C36H69N/c1-3-5-7-9-11-13-15-17-18-20-22-24-26-28-32-36(35-37-33-29-30-34-37)31-27-25-23-21-19-16-14-12-10-8-6-4-2/h29-30,33-34,36H,3-28,31-32,35H2,1-2H3. The van der Waals surface area contributed by atoms with E-state index >= 15 is 0 Å². The lowest BCUT2D eigenvalue weighted by molar-refractivity contribution is 0.357. The topological polar surface area (TPSA) is 4.93 Å². The zero-order valence-corrected chi connectivity index (χ0v) is 25.8. The van der Waals surface area contributed by atoms with Gasteiger partial charge in [0, 0.05) is 18.9 Å². The van der Waals surface area contributed by atoms with Crippen molar-refractivity contribution in [1.82, 2.24) is 4.57 Å². The Morgan fingerprint density at radius 3 is 0.946 bits per heavy atom. The summed E-state index contributed by atoms with van der Waals surface area (Å²) in [5.74, 6) is 0.882. The Balaban J connectivity index is 1.98. The molecule has 0 amide bonds. The molecule has 0 aliphatic carbocycles. The van der Waals surface area contributed by atoms with Crippen molar-refractivity contribution in [2.45, 2.75) is 200 Å². The summed E-state index contributed by atoms with van der Waals surface area (Å²) >= 11 is 0. The fraction of sp³-hybridized carbons (Fsp3) is 0.889. The van der Waals surface area contributed by atoms with E-state index in [-0.39, 0.29) is 0 Å². The molecule has 0 N–H and O–H groups in total. The highest BCUT2D eigenvalue weighted by atomic mass is 14.9. The maximum Gasteiger partial charge on any atom is 0.0247 e. The average Bonchev–Trinajstić information content (AvgIpc) is 3.42. The third-order valence-electron chi connectivity index (χ3n) is 8.57. The molecule has 0 bridgehead atoms. The average molecular weight is 516 g/mol. The fourth-order valence-corrected chi connectivity index (χ4v) is 6.02. The van der Waals surface area contributed by atoms with E-state index in [4.69, 9.17) is 0 Å². The van der Waals surface area contributed by atoms with Crippen LogP contribution in [0.5, 0.6) is 0 Å². The van der Waals surface area contributed by atoms with Crippen LogP contribution in [-0.4, -0.2) is 4.57 Å². The first-order chi connectivity index (χ1) is 18.4. The molecule has 0 saturated carbocycles. The first-order valence-corrected chi connectivity index (χ1v) is 17.5. The second-order valence-corrected chi connectivity index (χ2v) is 12.3. The van der Waals surface area contributed by atoms with Gasteiger partial charge in [-0.05, 0) is 30.9 Å². The van der Waals surface area contributed by atoms with Crippen LogP contribution in [0.4, 0.5) is 0 Å². The quantitative estimate of drug-likeness (QED) is 0.0897. The maximum absolute atomic E-state index is 2.43. The van der Waals surface area contributed by atoms with Crippen molar-refractivity contribution in [2.75, 3.05) is 0 Å². The first kappa shape index (κ1) is 34.3. The van der Waals surface area contributed by atoms with E-state index in [0.717, 1.165) is 5.92 Å². The molecule has 0 spiro atoms. The molecule has 0 saturated heterocycles. The second kappa shape index (κ2) is 28.3. The Morgan fingerprint density at radius 1 is 0.378 bits per heavy atom. The zero-order valence-electron chi connectivity index (χ0n) is 25.8. The number of nitrogens with zero attached hydrogens (tertiary/aromatic N) is 1. The minimum atomic E-state index is 0.882. The summed E-state index contributed by atoms with van der Waals surface area (Å²) in [6.07, 6.45) is 45.3. The Hall–Kier alpha value is -0.720.